The van der Waals surface area contributed by atoms with Crippen molar-refractivity contribution >= 4 is 33.5 Å². The monoisotopic (exact) mass is 651 g/mol. The van der Waals surface area contributed by atoms with Crippen molar-refractivity contribution in [3.05, 3.63) is 161 Å². The van der Waals surface area contributed by atoms with Gasteiger partial charge < -0.3 is 4.57 Å². The number of hydrogen-bond acceptors (Lipinski definition) is 0. The van der Waals surface area contributed by atoms with Crippen molar-refractivity contribution in [3.8, 4) is 18.5 Å². The van der Waals surface area contributed by atoms with E-state index in [0.29, 0.717) is 11.8 Å². The van der Waals surface area contributed by atoms with Gasteiger partial charge in [-0.25, -0.2) is 0 Å². The fraction of sp³-hybridized carbons (Fsp3) is 0.265. The summed E-state index contributed by atoms with van der Waals surface area (Å²) < 4.78 is 2.53. The molecule has 5 aromatic carbocycles. The first kappa shape index (κ1) is 33.4. The number of benzene rings is 5. The SMILES string of the molecule is C#C.C(=C\c1ccccc1)/C(=C\Cc1ccccc1)c1cccc(-n2c3ccc(C4CCCCC4)cc3c3cc(C4CCCCC4)ccc32)c1. The van der Waals surface area contributed by atoms with Gasteiger partial charge in [-0.3, -0.25) is 0 Å². The summed E-state index contributed by atoms with van der Waals surface area (Å²) in [5.41, 5.74) is 11.9. The Kier molecular flexibility index (Phi) is 10.8. The van der Waals surface area contributed by atoms with Crippen molar-refractivity contribution in [2.24, 2.45) is 0 Å². The second-order valence-corrected chi connectivity index (χ2v) is 14.2. The molecule has 50 heavy (non-hydrogen) atoms. The maximum atomic E-state index is 4.00. The molecule has 1 heteroatoms. The fourth-order valence-electron chi connectivity index (χ4n) is 8.42. The molecule has 0 unspecified atom stereocenters. The first-order valence-electron chi connectivity index (χ1n) is 18.8. The average molecular weight is 652 g/mol. The number of allylic oxidation sites excluding steroid dienone is 3. The maximum Gasteiger partial charge on any atom is 0.0541 e. The lowest BCUT2D eigenvalue weighted by molar-refractivity contribution is 0.444. The van der Waals surface area contributed by atoms with Crippen molar-refractivity contribution in [1.29, 1.82) is 0 Å². The minimum absolute atomic E-state index is 0.695. The van der Waals surface area contributed by atoms with Crippen LogP contribution in [0.25, 0.3) is 39.1 Å². The highest BCUT2D eigenvalue weighted by atomic mass is 15.0. The molecule has 0 bridgehead atoms. The average Bonchev–Trinajstić information content (AvgIpc) is 3.53. The van der Waals surface area contributed by atoms with Crippen LogP contribution in [0.1, 0.15) is 104 Å². The molecule has 250 valence electrons. The highest BCUT2D eigenvalue weighted by Crippen LogP contribution is 2.41. The molecule has 0 spiro atoms. The largest absolute Gasteiger partial charge is 0.309 e. The first-order valence-corrected chi connectivity index (χ1v) is 18.8. The molecular weight excluding hydrogens is 603 g/mol. The van der Waals surface area contributed by atoms with E-state index in [1.807, 2.05) is 0 Å². The summed E-state index contributed by atoms with van der Waals surface area (Å²) in [7, 11) is 0. The Morgan fingerprint density at radius 3 is 1.72 bits per heavy atom. The van der Waals surface area contributed by atoms with Crippen LogP contribution in [-0.2, 0) is 6.42 Å². The zero-order valence-electron chi connectivity index (χ0n) is 29.3. The van der Waals surface area contributed by atoms with Crippen LogP contribution in [0.3, 0.4) is 0 Å². The molecule has 0 N–H and O–H groups in total. The maximum absolute atomic E-state index is 4.00. The molecule has 0 atom stereocenters. The lowest BCUT2D eigenvalue weighted by Crippen LogP contribution is -2.04. The second-order valence-electron chi connectivity index (χ2n) is 14.2. The molecule has 0 saturated heterocycles. The van der Waals surface area contributed by atoms with Crippen LogP contribution in [0.2, 0.25) is 0 Å². The number of terminal acetylenes is 1. The Bertz CT molecular complexity index is 2020. The number of fused-ring (bicyclic) bond motifs is 3. The molecular formula is C49H49N. The van der Waals surface area contributed by atoms with Gasteiger partial charge in [0.15, 0.2) is 0 Å². The summed E-state index contributed by atoms with van der Waals surface area (Å²) in [5, 5.41) is 2.83. The minimum atomic E-state index is 0.695. The molecule has 8 rings (SSSR count). The van der Waals surface area contributed by atoms with E-state index < -0.39 is 0 Å². The van der Waals surface area contributed by atoms with Crippen LogP contribution in [-0.4, -0.2) is 4.57 Å². The zero-order chi connectivity index (χ0) is 34.1. The molecule has 2 saturated carbocycles. The highest BCUT2D eigenvalue weighted by molar-refractivity contribution is 6.10. The Morgan fingerprint density at radius 1 is 0.580 bits per heavy atom. The smallest absolute Gasteiger partial charge is 0.0541 e. The minimum Gasteiger partial charge on any atom is -0.309 e. The molecule has 6 aromatic rings. The van der Waals surface area contributed by atoms with Crippen molar-refractivity contribution in [3.63, 3.8) is 0 Å². The van der Waals surface area contributed by atoms with E-state index in [1.54, 1.807) is 0 Å². The number of aromatic nitrogens is 1. The van der Waals surface area contributed by atoms with Crippen LogP contribution < -0.4 is 0 Å². The van der Waals surface area contributed by atoms with Gasteiger partial charge in [-0.05, 0) is 114 Å². The molecule has 2 aliphatic rings. The van der Waals surface area contributed by atoms with E-state index in [4.69, 9.17) is 0 Å². The van der Waals surface area contributed by atoms with Crippen molar-refractivity contribution in [2.45, 2.75) is 82.5 Å². The molecule has 0 aliphatic heterocycles. The van der Waals surface area contributed by atoms with Gasteiger partial charge in [0.25, 0.3) is 0 Å². The van der Waals surface area contributed by atoms with Gasteiger partial charge in [0.05, 0.1) is 11.0 Å². The molecule has 1 aromatic heterocycles. The van der Waals surface area contributed by atoms with Crippen molar-refractivity contribution < 1.29 is 0 Å². The Morgan fingerprint density at radius 2 is 1.14 bits per heavy atom. The summed E-state index contributed by atoms with van der Waals surface area (Å²) in [6, 6.07) is 45.5. The van der Waals surface area contributed by atoms with Crippen LogP contribution in [0.5, 0.6) is 0 Å². The second kappa shape index (κ2) is 16.1. The molecule has 0 amide bonds. The van der Waals surface area contributed by atoms with Crippen molar-refractivity contribution in [2.75, 3.05) is 0 Å². The lowest BCUT2D eigenvalue weighted by Gasteiger charge is -2.22. The van der Waals surface area contributed by atoms with Crippen molar-refractivity contribution in [1.82, 2.24) is 4.57 Å². The number of hydrogen-bond donors (Lipinski definition) is 0. The molecule has 1 heterocycles. The summed E-state index contributed by atoms with van der Waals surface area (Å²) in [6.45, 7) is 0. The van der Waals surface area contributed by atoms with E-state index in [1.165, 1.54) is 125 Å². The predicted molar refractivity (Wildman–Crippen MR) is 216 cm³/mol. The number of nitrogens with zero attached hydrogens (tertiary/aromatic N) is 1. The fourth-order valence-corrected chi connectivity index (χ4v) is 8.42. The van der Waals surface area contributed by atoms with E-state index in [0.717, 1.165) is 6.42 Å². The van der Waals surface area contributed by atoms with Crippen LogP contribution in [0, 0.1) is 12.8 Å². The standard InChI is InChI=1S/C47H47N.C2H2/c1-5-14-35(15-6-1)24-26-39(27-25-36-16-7-2-8-17-36)40-22-13-23-43(32-40)48-46-30-28-41(37-18-9-3-10-19-37)33-44(46)45-34-42(29-31-47(45)48)38-20-11-4-12-21-38;1-2/h1-2,5-8,13-17,22-24,26-34,37-38H,3-4,9-12,18-21,25H2;1-2H/b26-24+,39-27+;. The summed E-state index contributed by atoms with van der Waals surface area (Å²) in [6.07, 6.45) is 29.3. The van der Waals surface area contributed by atoms with E-state index in [2.05, 4.69) is 157 Å². The third-order valence-corrected chi connectivity index (χ3v) is 11.1. The van der Waals surface area contributed by atoms with Crippen LogP contribution in [0.15, 0.2) is 133 Å². The number of rotatable bonds is 8. The normalized spacial score (nSPS) is 16.1. The Hall–Kier alpha value is -5.06. The highest BCUT2D eigenvalue weighted by Gasteiger charge is 2.21. The quantitative estimate of drug-likeness (QED) is 0.114. The molecule has 1 nitrogen and oxygen atoms in total. The summed E-state index contributed by atoms with van der Waals surface area (Å²) >= 11 is 0. The molecule has 2 fully saturated rings. The van der Waals surface area contributed by atoms with Gasteiger partial charge in [-0.2, -0.15) is 0 Å². The van der Waals surface area contributed by atoms with Gasteiger partial charge in [0, 0.05) is 16.5 Å². The third-order valence-electron chi connectivity index (χ3n) is 11.1. The first-order chi connectivity index (χ1) is 24.8. The van der Waals surface area contributed by atoms with Gasteiger partial charge >= 0.3 is 0 Å². The molecule has 0 radical (unpaired) electrons. The molecule has 2 aliphatic carbocycles. The Labute approximate surface area is 299 Å². The topological polar surface area (TPSA) is 4.93 Å². The summed E-state index contributed by atoms with van der Waals surface area (Å²) in [5.74, 6) is 1.39. The Balaban J connectivity index is 0.00000193. The lowest BCUT2D eigenvalue weighted by atomic mass is 9.83. The van der Waals surface area contributed by atoms with Crippen LogP contribution in [0.4, 0.5) is 0 Å². The third kappa shape index (κ3) is 7.41. The van der Waals surface area contributed by atoms with Gasteiger partial charge in [-0.1, -0.05) is 142 Å². The van der Waals surface area contributed by atoms with Crippen LogP contribution >= 0.6 is 0 Å². The zero-order valence-corrected chi connectivity index (χ0v) is 29.3. The van der Waals surface area contributed by atoms with E-state index in [-0.39, 0.29) is 0 Å². The van der Waals surface area contributed by atoms with E-state index >= 15 is 0 Å². The van der Waals surface area contributed by atoms with E-state index in [9.17, 15) is 0 Å². The summed E-state index contributed by atoms with van der Waals surface area (Å²) in [4.78, 5) is 0. The van der Waals surface area contributed by atoms with Gasteiger partial charge in [-0.15, -0.1) is 12.8 Å². The van der Waals surface area contributed by atoms with Gasteiger partial charge in [0.1, 0.15) is 0 Å². The predicted octanol–water partition coefficient (Wildman–Crippen LogP) is 13.5. The van der Waals surface area contributed by atoms with Gasteiger partial charge in [0.2, 0.25) is 0 Å².